The van der Waals surface area contributed by atoms with Gasteiger partial charge in [-0.15, -0.1) is 11.3 Å². The van der Waals surface area contributed by atoms with Gasteiger partial charge in [0.05, 0.1) is 12.1 Å². The molecule has 2 aromatic heterocycles. The molecular formula is C19H19N3OS. The molecule has 1 aliphatic rings. The van der Waals surface area contributed by atoms with Crippen LogP contribution in [-0.2, 0) is 24.3 Å². The molecule has 4 nitrogen and oxygen atoms in total. The highest BCUT2D eigenvalue weighted by Crippen LogP contribution is 2.23. The molecule has 1 aromatic carbocycles. The van der Waals surface area contributed by atoms with Gasteiger partial charge in [-0.25, -0.2) is 0 Å². The zero-order chi connectivity index (χ0) is 16.4. The smallest absolute Gasteiger partial charge is 0.234 e. The van der Waals surface area contributed by atoms with Crippen LogP contribution in [0.1, 0.15) is 16.0 Å². The van der Waals surface area contributed by atoms with Crippen LogP contribution in [0.3, 0.4) is 0 Å². The molecule has 0 radical (unpaired) electrons. The lowest BCUT2D eigenvalue weighted by Crippen LogP contribution is -2.39. The number of carbonyl (C=O) groups is 1. The number of carbonyl (C=O) groups excluding carboxylic acids is 1. The van der Waals surface area contributed by atoms with Crippen LogP contribution in [0.2, 0.25) is 0 Å². The van der Waals surface area contributed by atoms with Gasteiger partial charge in [-0.1, -0.05) is 24.3 Å². The molecule has 1 aliphatic heterocycles. The number of amides is 1. The Hall–Kier alpha value is -2.24. The van der Waals surface area contributed by atoms with Crippen molar-refractivity contribution in [3.8, 4) is 0 Å². The fourth-order valence-electron chi connectivity index (χ4n) is 3.20. The third-order valence-electron chi connectivity index (χ3n) is 4.45. The van der Waals surface area contributed by atoms with Crippen molar-refractivity contribution in [2.75, 3.05) is 13.1 Å². The number of nitrogens with zero attached hydrogens (tertiary/aromatic N) is 2. The normalized spacial score (nSPS) is 14.5. The molecule has 3 heterocycles. The molecule has 0 fully saturated rings. The molecule has 1 N–H and O–H groups in total. The predicted molar refractivity (Wildman–Crippen MR) is 96.9 cm³/mol. The molecule has 0 bridgehead atoms. The molecule has 24 heavy (non-hydrogen) atoms. The summed E-state index contributed by atoms with van der Waals surface area (Å²) in [6.07, 6.45) is 2.84. The number of benzene rings is 1. The molecule has 4 rings (SSSR count). The van der Waals surface area contributed by atoms with Crippen LogP contribution >= 0.6 is 11.3 Å². The Labute approximate surface area is 145 Å². The molecule has 5 heteroatoms. The summed E-state index contributed by atoms with van der Waals surface area (Å²) in [6, 6.07) is 12.2. The summed E-state index contributed by atoms with van der Waals surface area (Å²) < 4.78 is 0. The van der Waals surface area contributed by atoms with Gasteiger partial charge in [0.15, 0.2) is 0 Å². The van der Waals surface area contributed by atoms with Crippen molar-refractivity contribution in [3.05, 3.63) is 64.0 Å². The Bertz CT molecular complexity index is 868. The van der Waals surface area contributed by atoms with E-state index in [1.165, 1.54) is 10.4 Å². The van der Waals surface area contributed by atoms with Crippen molar-refractivity contribution in [1.82, 2.24) is 15.2 Å². The lowest BCUT2D eigenvalue weighted by Gasteiger charge is -2.26. The van der Waals surface area contributed by atoms with E-state index in [-0.39, 0.29) is 5.91 Å². The van der Waals surface area contributed by atoms with Gasteiger partial charge in [0.2, 0.25) is 5.91 Å². The van der Waals surface area contributed by atoms with Crippen molar-refractivity contribution < 1.29 is 4.79 Å². The Balaban J connectivity index is 1.37. The van der Waals surface area contributed by atoms with E-state index in [0.717, 1.165) is 36.0 Å². The van der Waals surface area contributed by atoms with Crippen molar-refractivity contribution in [2.45, 2.75) is 19.5 Å². The van der Waals surface area contributed by atoms with E-state index < -0.39 is 0 Å². The average Bonchev–Trinajstić information content (AvgIpc) is 3.07. The lowest BCUT2D eigenvalue weighted by atomic mass is 10.1. The maximum absolute atomic E-state index is 12.3. The predicted octanol–water partition coefficient (Wildman–Crippen LogP) is 2.97. The lowest BCUT2D eigenvalue weighted by molar-refractivity contribution is -0.122. The Morgan fingerprint density at radius 3 is 3.12 bits per heavy atom. The Morgan fingerprint density at radius 1 is 1.25 bits per heavy atom. The SMILES string of the molecule is O=C(CN1CCc2sccc2C1)NCc1cccc2cccnc12. The minimum atomic E-state index is 0.0709. The first kappa shape index (κ1) is 15.3. The first-order valence-corrected chi connectivity index (χ1v) is 9.04. The van der Waals surface area contributed by atoms with Gasteiger partial charge in [0, 0.05) is 36.1 Å². The Morgan fingerprint density at radius 2 is 2.17 bits per heavy atom. The number of para-hydroxylation sites is 1. The summed E-state index contributed by atoms with van der Waals surface area (Å²) in [5.41, 5.74) is 3.39. The van der Waals surface area contributed by atoms with E-state index in [0.29, 0.717) is 13.1 Å². The summed E-state index contributed by atoms with van der Waals surface area (Å²) >= 11 is 1.82. The van der Waals surface area contributed by atoms with Gasteiger partial charge in [-0.3, -0.25) is 14.7 Å². The van der Waals surface area contributed by atoms with Crippen LogP contribution in [0.5, 0.6) is 0 Å². The minimum absolute atomic E-state index is 0.0709. The van der Waals surface area contributed by atoms with Gasteiger partial charge < -0.3 is 5.32 Å². The summed E-state index contributed by atoms with van der Waals surface area (Å²) in [6.45, 7) is 2.80. The average molecular weight is 337 g/mol. The molecule has 3 aromatic rings. The third kappa shape index (κ3) is 3.18. The van der Waals surface area contributed by atoms with Crippen molar-refractivity contribution in [3.63, 3.8) is 0 Å². The second-order valence-electron chi connectivity index (χ2n) is 6.10. The van der Waals surface area contributed by atoms with Crippen molar-refractivity contribution in [2.24, 2.45) is 0 Å². The minimum Gasteiger partial charge on any atom is -0.351 e. The van der Waals surface area contributed by atoms with Gasteiger partial charge >= 0.3 is 0 Å². The fourth-order valence-corrected chi connectivity index (χ4v) is 4.09. The maximum atomic E-state index is 12.3. The molecule has 0 saturated carbocycles. The highest BCUT2D eigenvalue weighted by Gasteiger charge is 2.19. The number of fused-ring (bicyclic) bond motifs is 2. The van der Waals surface area contributed by atoms with Crippen LogP contribution in [0.15, 0.2) is 48.0 Å². The standard InChI is InChI=1S/C19H19N3OS/c23-18(13-22-9-6-17-16(12-22)7-10-24-17)21-11-15-4-1-3-14-5-2-8-20-19(14)15/h1-5,7-8,10H,6,9,11-13H2,(H,21,23). The number of pyridine rings is 1. The zero-order valence-corrected chi connectivity index (χ0v) is 14.2. The van der Waals surface area contributed by atoms with Crippen LogP contribution in [0, 0.1) is 0 Å². The molecule has 0 spiro atoms. The first-order valence-electron chi connectivity index (χ1n) is 8.16. The molecule has 122 valence electrons. The van der Waals surface area contributed by atoms with Gasteiger partial charge in [0.1, 0.15) is 0 Å². The first-order chi connectivity index (χ1) is 11.8. The van der Waals surface area contributed by atoms with Crippen LogP contribution in [0.4, 0.5) is 0 Å². The van der Waals surface area contributed by atoms with Gasteiger partial charge in [0.25, 0.3) is 0 Å². The van der Waals surface area contributed by atoms with E-state index in [4.69, 9.17) is 0 Å². The van der Waals surface area contributed by atoms with E-state index in [2.05, 4.69) is 26.6 Å². The second kappa shape index (κ2) is 6.71. The van der Waals surface area contributed by atoms with Crippen molar-refractivity contribution in [1.29, 1.82) is 0 Å². The van der Waals surface area contributed by atoms with Crippen LogP contribution < -0.4 is 5.32 Å². The topological polar surface area (TPSA) is 45.2 Å². The van der Waals surface area contributed by atoms with Crippen LogP contribution in [0.25, 0.3) is 10.9 Å². The van der Waals surface area contributed by atoms with Crippen molar-refractivity contribution >= 4 is 28.1 Å². The van der Waals surface area contributed by atoms with Gasteiger partial charge in [-0.2, -0.15) is 0 Å². The highest BCUT2D eigenvalue weighted by molar-refractivity contribution is 7.10. The molecule has 0 atom stereocenters. The van der Waals surface area contributed by atoms with Crippen LogP contribution in [-0.4, -0.2) is 28.9 Å². The highest BCUT2D eigenvalue weighted by atomic mass is 32.1. The number of aromatic nitrogens is 1. The number of thiophene rings is 1. The summed E-state index contributed by atoms with van der Waals surface area (Å²) in [4.78, 5) is 20.4. The molecule has 0 unspecified atom stereocenters. The van der Waals surface area contributed by atoms with E-state index in [1.807, 2.05) is 41.7 Å². The summed E-state index contributed by atoms with van der Waals surface area (Å²) in [5.74, 6) is 0.0709. The fraction of sp³-hybridized carbons (Fsp3) is 0.263. The zero-order valence-electron chi connectivity index (χ0n) is 13.4. The number of nitrogens with one attached hydrogen (secondary N) is 1. The Kier molecular flexibility index (Phi) is 4.28. The number of hydrogen-bond acceptors (Lipinski definition) is 4. The molecule has 0 aliphatic carbocycles. The molecular weight excluding hydrogens is 318 g/mol. The summed E-state index contributed by atoms with van der Waals surface area (Å²) in [5, 5.41) is 6.28. The monoisotopic (exact) mass is 337 g/mol. The molecule has 0 saturated heterocycles. The third-order valence-corrected chi connectivity index (χ3v) is 5.47. The number of hydrogen-bond donors (Lipinski definition) is 1. The van der Waals surface area contributed by atoms with E-state index >= 15 is 0 Å². The van der Waals surface area contributed by atoms with E-state index in [1.54, 1.807) is 6.20 Å². The van der Waals surface area contributed by atoms with E-state index in [9.17, 15) is 4.79 Å². The maximum Gasteiger partial charge on any atom is 0.234 e. The largest absolute Gasteiger partial charge is 0.351 e. The van der Waals surface area contributed by atoms with Gasteiger partial charge in [-0.05, 0) is 35.1 Å². The number of rotatable bonds is 4. The molecule has 1 amide bonds. The summed E-state index contributed by atoms with van der Waals surface area (Å²) in [7, 11) is 0. The second-order valence-corrected chi connectivity index (χ2v) is 7.10. The quantitative estimate of drug-likeness (QED) is 0.796.